The number of halogens is 1. The van der Waals surface area contributed by atoms with Gasteiger partial charge in [-0.25, -0.2) is 9.97 Å². The van der Waals surface area contributed by atoms with Gasteiger partial charge in [-0.15, -0.1) is 0 Å². The Bertz CT molecular complexity index is 208. The maximum Gasteiger partial charge on any atom is 0.128 e. The molecule has 0 fully saturated rings. The number of rotatable bonds is 3. The van der Waals surface area contributed by atoms with Crippen LogP contribution >= 0.6 is 15.9 Å². The van der Waals surface area contributed by atoms with Crippen LogP contribution in [0.25, 0.3) is 0 Å². The predicted molar refractivity (Wildman–Crippen MR) is 48.7 cm³/mol. The molecule has 0 saturated heterocycles. The lowest BCUT2D eigenvalue weighted by Gasteiger charge is -1.96. The van der Waals surface area contributed by atoms with Crippen molar-refractivity contribution in [2.24, 2.45) is 0 Å². The quantitative estimate of drug-likeness (QED) is 0.723. The van der Waals surface area contributed by atoms with Gasteiger partial charge in [-0.2, -0.15) is 0 Å². The van der Waals surface area contributed by atoms with Crippen LogP contribution in [0.1, 0.15) is 24.7 Å². The van der Waals surface area contributed by atoms with Gasteiger partial charge in [-0.1, -0.05) is 22.9 Å². The highest BCUT2D eigenvalue weighted by atomic mass is 79.9. The van der Waals surface area contributed by atoms with Crippen LogP contribution in [0.15, 0.2) is 12.4 Å². The normalized spacial score (nSPS) is 10.0. The molecule has 0 aliphatic heterocycles. The average Bonchev–Trinajstić information content (AvgIpc) is 2.07. The van der Waals surface area contributed by atoms with Gasteiger partial charge in [0.2, 0.25) is 0 Å². The third-order valence-electron chi connectivity index (χ3n) is 1.39. The summed E-state index contributed by atoms with van der Waals surface area (Å²) in [6.45, 7) is 2.13. The molecule has 0 atom stereocenters. The minimum atomic E-state index is 0.833. The molecule has 11 heavy (non-hydrogen) atoms. The average molecular weight is 215 g/mol. The molecule has 0 bridgehead atoms. The number of hydrogen-bond donors (Lipinski definition) is 0. The van der Waals surface area contributed by atoms with Gasteiger partial charge in [0.15, 0.2) is 0 Å². The Morgan fingerprint density at radius 1 is 1.36 bits per heavy atom. The number of aromatic nitrogens is 2. The smallest absolute Gasteiger partial charge is 0.128 e. The minimum absolute atomic E-state index is 0.833. The summed E-state index contributed by atoms with van der Waals surface area (Å²) in [4.78, 5) is 8.40. The molecule has 1 aromatic heterocycles. The largest absolute Gasteiger partial charge is 0.241 e. The number of aryl methyl sites for hydroxylation is 1. The molecule has 0 amide bonds. The van der Waals surface area contributed by atoms with Gasteiger partial charge in [0.05, 0.1) is 0 Å². The van der Waals surface area contributed by atoms with Gasteiger partial charge in [0.1, 0.15) is 5.82 Å². The summed E-state index contributed by atoms with van der Waals surface area (Å²) in [5.41, 5.74) is 1.13. The molecular weight excluding hydrogens is 204 g/mol. The zero-order valence-corrected chi connectivity index (χ0v) is 8.13. The van der Waals surface area contributed by atoms with Crippen LogP contribution in [0.5, 0.6) is 0 Å². The number of hydrogen-bond acceptors (Lipinski definition) is 2. The molecule has 0 radical (unpaired) electrons. The second-order valence-corrected chi connectivity index (χ2v) is 2.95. The van der Waals surface area contributed by atoms with Gasteiger partial charge < -0.3 is 0 Å². The van der Waals surface area contributed by atoms with Gasteiger partial charge in [0, 0.05) is 24.1 Å². The molecule has 1 rings (SSSR count). The highest BCUT2D eigenvalue weighted by molar-refractivity contribution is 9.08. The third kappa shape index (κ3) is 2.58. The molecule has 0 aliphatic carbocycles. The summed E-state index contributed by atoms with van der Waals surface area (Å²) in [6.07, 6.45) is 5.82. The van der Waals surface area contributed by atoms with E-state index in [0.717, 1.165) is 29.6 Å². The van der Waals surface area contributed by atoms with Crippen molar-refractivity contribution >= 4 is 15.9 Å². The zero-order chi connectivity index (χ0) is 8.10. The van der Waals surface area contributed by atoms with Gasteiger partial charge in [-0.05, 0) is 12.0 Å². The van der Waals surface area contributed by atoms with E-state index >= 15 is 0 Å². The van der Waals surface area contributed by atoms with E-state index in [9.17, 15) is 0 Å². The zero-order valence-electron chi connectivity index (χ0n) is 6.55. The Morgan fingerprint density at radius 3 is 2.45 bits per heavy atom. The molecule has 3 heteroatoms. The first-order valence-corrected chi connectivity index (χ1v) is 4.84. The second kappa shape index (κ2) is 4.44. The van der Waals surface area contributed by atoms with Crippen LogP contribution in [-0.2, 0) is 11.8 Å². The fourth-order valence-electron chi connectivity index (χ4n) is 0.803. The standard InChI is InChI=1S/C8H11BrN2/c1-2-3-8-10-5-7(4-9)6-11-8/h5-6H,2-4H2,1H3. The van der Waals surface area contributed by atoms with Crippen molar-refractivity contribution in [3.05, 3.63) is 23.8 Å². The summed E-state index contributed by atoms with van der Waals surface area (Å²) < 4.78 is 0. The lowest BCUT2D eigenvalue weighted by molar-refractivity contribution is 0.830. The molecule has 1 heterocycles. The van der Waals surface area contributed by atoms with E-state index in [1.165, 1.54) is 0 Å². The number of alkyl halides is 1. The molecule has 0 aliphatic rings. The van der Waals surface area contributed by atoms with Crippen molar-refractivity contribution in [1.82, 2.24) is 9.97 Å². The minimum Gasteiger partial charge on any atom is -0.241 e. The second-order valence-electron chi connectivity index (χ2n) is 2.39. The van der Waals surface area contributed by atoms with Gasteiger partial charge in [0.25, 0.3) is 0 Å². The van der Waals surface area contributed by atoms with Crippen molar-refractivity contribution in [2.75, 3.05) is 0 Å². The first kappa shape index (κ1) is 8.65. The monoisotopic (exact) mass is 214 g/mol. The Balaban J connectivity index is 2.66. The number of nitrogens with zero attached hydrogens (tertiary/aromatic N) is 2. The third-order valence-corrected chi connectivity index (χ3v) is 2.03. The van der Waals surface area contributed by atoms with Crippen LogP contribution in [0.3, 0.4) is 0 Å². The van der Waals surface area contributed by atoms with Crippen molar-refractivity contribution in [3.63, 3.8) is 0 Å². The van der Waals surface area contributed by atoms with Crippen LogP contribution in [0.4, 0.5) is 0 Å². The van der Waals surface area contributed by atoms with Crippen molar-refractivity contribution in [3.8, 4) is 0 Å². The highest BCUT2D eigenvalue weighted by Crippen LogP contribution is 2.02. The van der Waals surface area contributed by atoms with Crippen molar-refractivity contribution < 1.29 is 0 Å². The summed E-state index contributed by atoms with van der Waals surface area (Å²) >= 11 is 3.34. The lowest BCUT2D eigenvalue weighted by Crippen LogP contribution is -1.94. The Kier molecular flexibility index (Phi) is 3.49. The maximum atomic E-state index is 4.20. The molecule has 0 unspecified atom stereocenters. The van der Waals surface area contributed by atoms with E-state index in [1.54, 1.807) is 0 Å². The first-order chi connectivity index (χ1) is 5.36. The molecular formula is C8H11BrN2. The first-order valence-electron chi connectivity index (χ1n) is 3.72. The summed E-state index contributed by atoms with van der Waals surface area (Å²) in [6, 6.07) is 0. The van der Waals surface area contributed by atoms with Gasteiger partial charge >= 0.3 is 0 Å². The molecule has 1 aromatic rings. The van der Waals surface area contributed by atoms with E-state index in [1.807, 2.05) is 12.4 Å². The molecule has 0 aromatic carbocycles. The fourth-order valence-corrected chi connectivity index (χ4v) is 1.09. The Labute approximate surface area is 75.2 Å². The maximum absolute atomic E-state index is 4.20. The Morgan fingerprint density at radius 2 is 2.00 bits per heavy atom. The van der Waals surface area contributed by atoms with E-state index in [2.05, 4.69) is 32.8 Å². The highest BCUT2D eigenvalue weighted by Gasteiger charge is 1.94. The van der Waals surface area contributed by atoms with Gasteiger partial charge in [-0.3, -0.25) is 0 Å². The van der Waals surface area contributed by atoms with Crippen molar-refractivity contribution in [1.29, 1.82) is 0 Å². The van der Waals surface area contributed by atoms with Crippen LogP contribution in [0, 0.1) is 0 Å². The molecule has 2 nitrogen and oxygen atoms in total. The Hall–Kier alpha value is -0.440. The predicted octanol–water partition coefficient (Wildman–Crippen LogP) is 2.32. The van der Waals surface area contributed by atoms with E-state index < -0.39 is 0 Å². The topological polar surface area (TPSA) is 25.8 Å². The SMILES string of the molecule is CCCc1ncc(CBr)cn1. The molecule has 60 valence electrons. The fraction of sp³-hybridized carbons (Fsp3) is 0.500. The van der Waals surface area contributed by atoms with E-state index in [-0.39, 0.29) is 0 Å². The summed E-state index contributed by atoms with van der Waals surface area (Å²) in [7, 11) is 0. The van der Waals surface area contributed by atoms with E-state index in [4.69, 9.17) is 0 Å². The van der Waals surface area contributed by atoms with Crippen LogP contribution < -0.4 is 0 Å². The molecule has 0 spiro atoms. The van der Waals surface area contributed by atoms with E-state index in [0.29, 0.717) is 0 Å². The van der Waals surface area contributed by atoms with Crippen LogP contribution in [0.2, 0.25) is 0 Å². The van der Waals surface area contributed by atoms with Crippen LogP contribution in [-0.4, -0.2) is 9.97 Å². The summed E-state index contributed by atoms with van der Waals surface area (Å²) in [5.74, 6) is 0.942. The van der Waals surface area contributed by atoms with Crippen molar-refractivity contribution in [2.45, 2.75) is 25.1 Å². The lowest BCUT2D eigenvalue weighted by atomic mass is 10.3. The molecule has 0 saturated carbocycles. The molecule has 0 N–H and O–H groups in total. The summed E-state index contributed by atoms with van der Waals surface area (Å²) in [5, 5.41) is 0.833.